The van der Waals surface area contributed by atoms with Gasteiger partial charge in [0.25, 0.3) is 0 Å². The molecule has 1 amide bonds. The molecule has 1 fully saturated rings. The minimum absolute atomic E-state index is 0.0232. The molecule has 0 radical (unpaired) electrons. The number of aromatic nitrogens is 2. The van der Waals surface area contributed by atoms with E-state index in [1.54, 1.807) is 5.38 Å². The van der Waals surface area contributed by atoms with Gasteiger partial charge in [-0.1, -0.05) is 18.2 Å². The lowest BCUT2D eigenvalue weighted by molar-refractivity contribution is -0.150. The third-order valence-corrected chi connectivity index (χ3v) is 6.82. The molecule has 1 aliphatic rings. The Morgan fingerprint density at radius 3 is 2.58 bits per heavy atom. The predicted octanol–water partition coefficient (Wildman–Crippen LogP) is 5.01. The summed E-state index contributed by atoms with van der Waals surface area (Å²) >= 11 is 1.33. The maximum Gasteiger partial charge on any atom is 0.417 e. The summed E-state index contributed by atoms with van der Waals surface area (Å²) in [6, 6.07) is 9.87. The van der Waals surface area contributed by atoms with Gasteiger partial charge in [0.15, 0.2) is 0 Å². The van der Waals surface area contributed by atoms with Crippen molar-refractivity contribution in [3.63, 3.8) is 0 Å². The van der Waals surface area contributed by atoms with Gasteiger partial charge >= 0.3 is 12.1 Å². The van der Waals surface area contributed by atoms with Crippen molar-refractivity contribution in [1.82, 2.24) is 9.97 Å². The lowest BCUT2D eigenvalue weighted by Gasteiger charge is -2.31. The number of rotatable bonds is 7. The van der Waals surface area contributed by atoms with Gasteiger partial charge in [-0.2, -0.15) is 13.2 Å². The minimum atomic E-state index is -4.42. The predicted molar refractivity (Wildman–Crippen MR) is 130 cm³/mol. The number of hydrogen-bond acceptors (Lipinski definition) is 7. The van der Waals surface area contributed by atoms with E-state index in [0.717, 1.165) is 23.5 Å². The van der Waals surface area contributed by atoms with Crippen LogP contribution in [0.3, 0.4) is 0 Å². The maximum absolute atomic E-state index is 12.7. The van der Waals surface area contributed by atoms with Crippen molar-refractivity contribution in [2.45, 2.75) is 39.0 Å². The first-order valence-electron chi connectivity index (χ1n) is 11.4. The number of aryl methyl sites for hydroxylation is 1. The van der Waals surface area contributed by atoms with E-state index in [2.05, 4.69) is 15.3 Å². The van der Waals surface area contributed by atoms with Crippen LogP contribution in [0, 0.1) is 12.8 Å². The first-order chi connectivity index (χ1) is 17.2. The summed E-state index contributed by atoms with van der Waals surface area (Å²) in [7, 11) is 0. The number of carbonyl (C=O) groups is 2. The molecule has 11 heteroatoms. The second-order valence-corrected chi connectivity index (χ2v) is 9.49. The fourth-order valence-corrected chi connectivity index (χ4v) is 4.67. The number of amides is 1. The molecule has 1 aliphatic heterocycles. The number of alkyl halides is 3. The van der Waals surface area contributed by atoms with Crippen LogP contribution < -0.4 is 10.2 Å². The first kappa shape index (κ1) is 25.6. The average molecular weight is 519 g/mol. The summed E-state index contributed by atoms with van der Waals surface area (Å²) in [6.45, 7) is 2.93. The highest BCUT2D eigenvalue weighted by Gasteiger charge is 2.31. The van der Waals surface area contributed by atoms with Crippen LogP contribution in [0.2, 0.25) is 0 Å². The largest absolute Gasteiger partial charge is 0.459 e. The van der Waals surface area contributed by atoms with E-state index in [1.165, 1.54) is 17.4 Å². The molecule has 0 atom stereocenters. The van der Waals surface area contributed by atoms with Crippen LogP contribution in [-0.4, -0.2) is 34.9 Å². The summed E-state index contributed by atoms with van der Waals surface area (Å²) in [5, 5.41) is 5.27. The van der Waals surface area contributed by atoms with E-state index in [9.17, 15) is 22.8 Å². The molecule has 0 spiro atoms. The van der Waals surface area contributed by atoms with Crippen molar-refractivity contribution in [2.24, 2.45) is 5.92 Å². The van der Waals surface area contributed by atoms with Gasteiger partial charge in [0.2, 0.25) is 5.91 Å². The van der Waals surface area contributed by atoms with Crippen molar-refractivity contribution in [3.05, 3.63) is 69.8 Å². The summed E-state index contributed by atoms with van der Waals surface area (Å²) in [6.07, 6.45) is -2.44. The molecule has 0 unspecified atom stereocenters. The van der Waals surface area contributed by atoms with Gasteiger partial charge in [-0.05, 0) is 43.5 Å². The number of benzene rings is 1. The number of nitrogens with zero attached hydrogens (tertiary/aromatic N) is 3. The zero-order valence-corrected chi connectivity index (χ0v) is 20.4. The molecule has 0 bridgehead atoms. The van der Waals surface area contributed by atoms with Crippen LogP contribution in [0.5, 0.6) is 0 Å². The molecular weight excluding hydrogens is 493 g/mol. The molecule has 0 aliphatic carbocycles. The van der Waals surface area contributed by atoms with E-state index < -0.39 is 11.7 Å². The molecule has 3 aromatic rings. The van der Waals surface area contributed by atoms with E-state index >= 15 is 0 Å². The third-order valence-electron chi connectivity index (χ3n) is 5.92. The summed E-state index contributed by atoms with van der Waals surface area (Å²) < 4.78 is 43.6. The Kier molecular flexibility index (Phi) is 7.88. The number of carbonyl (C=O) groups excluding carboxylic acids is 2. The maximum atomic E-state index is 12.7. The lowest BCUT2D eigenvalue weighted by atomic mass is 9.97. The van der Waals surface area contributed by atoms with E-state index in [1.807, 2.05) is 36.1 Å². The number of hydrogen-bond donors (Lipinski definition) is 1. The smallest absolute Gasteiger partial charge is 0.417 e. The molecule has 4 rings (SSSR count). The number of anilines is 2. The Bertz CT molecular complexity index is 1210. The van der Waals surface area contributed by atoms with E-state index in [-0.39, 0.29) is 30.8 Å². The first-order valence-corrected chi connectivity index (χ1v) is 12.3. The normalized spacial score (nSPS) is 14.5. The van der Waals surface area contributed by atoms with Crippen LogP contribution in [-0.2, 0) is 33.5 Å². The molecular formula is C25H25F3N4O3S. The topological polar surface area (TPSA) is 84.4 Å². The standard InChI is InChI=1S/C25H25F3N4O3S/c1-16-4-2-3-5-20(16)31-22(33)12-23-30-19(15-36-23)14-35-24(34)17-8-10-32(11-9-17)21-7-6-18(13-29-21)25(26,27)28/h2-7,13,15,17H,8-12,14H2,1H3,(H,31,33). The van der Waals surface area contributed by atoms with Crippen molar-refractivity contribution < 1.29 is 27.5 Å². The second-order valence-electron chi connectivity index (χ2n) is 8.54. The highest BCUT2D eigenvalue weighted by Crippen LogP contribution is 2.30. The third kappa shape index (κ3) is 6.60. The highest BCUT2D eigenvalue weighted by molar-refractivity contribution is 7.09. The molecule has 1 aromatic carbocycles. The Hall–Kier alpha value is -3.47. The van der Waals surface area contributed by atoms with Gasteiger partial charge in [-0.3, -0.25) is 9.59 Å². The number of halogens is 3. The molecule has 2 aromatic heterocycles. The van der Waals surface area contributed by atoms with Gasteiger partial charge in [-0.25, -0.2) is 9.97 Å². The Labute approximate surface area is 210 Å². The summed E-state index contributed by atoms with van der Waals surface area (Å²) in [5.74, 6) is -0.344. The number of nitrogens with one attached hydrogen (secondary N) is 1. The van der Waals surface area contributed by atoms with Gasteiger partial charge in [0.05, 0.1) is 23.6 Å². The van der Waals surface area contributed by atoms with Crippen LogP contribution in [0.25, 0.3) is 0 Å². The van der Waals surface area contributed by atoms with E-state index in [0.29, 0.717) is 42.5 Å². The van der Waals surface area contributed by atoms with Crippen molar-refractivity contribution in [1.29, 1.82) is 0 Å². The number of pyridine rings is 1. The Balaban J connectivity index is 1.21. The van der Waals surface area contributed by atoms with Crippen molar-refractivity contribution >= 4 is 34.7 Å². The Morgan fingerprint density at radius 2 is 1.92 bits per heavy atom. The monoisotopic (exact) mass is 518 g/mol. The molecule has 1 N–H and O–H groups in total. The van der Waals surface area contributed by atoms with Gasteiger partial charge < -0.3 is 15.0 Å². The highest BCUT2D eigenvalue weighted by atomic mass is 32.1. The molecule has 0 saturated carbocycles. The fraction of sp³-hybridized carbons (Fsp3) is 0.360. The minimum Gasteiger partial charge on any atom is -0.459 e. The average Bonchev–Trinajstić information content (AvgIpc) is 3.30. The number of ether oxygens (including phenoxy) is 1. The van der Waals surface area contributed by atoms with Crippen molar-refractivity contribution in [3.8, 4) is 0 Å². The van der Waals surface area contributed by atoms with Crippen LogP contribution in [0.15, 0.2) is 48.0 Å². The van der Waals surface area contributed by atoms with Gasteiger partial charge in [-0.15, -0.1) is 11.3 Å². The summed E-state index contributed by atoms with van der Waals surface area (Å²) in [4.78, 5) is 35.0. The fourth-order valence-electron chi connectivity index (χ4n) is 3.89. The lowest BCUT2D eigenvalue weighted by Crippen LogP contribution is -2.37. The van der Waals surface area contributed by atoms with Crippen molar-refractivity contribution in [2.75, 3.05) is 23.3 Å². The van der Waals surface area contributed by atoms with Crippen LogP contribution in [0.4, 0.5) is 24.7 Å². The number of piperidine rings is 1. The molecule has 36 heavy (non-hydrogen) atoms. The summed E-state index contributed by atoms with van der Waals surface area (Å²) in [5.41, 5.74) is 1.52. The zero-order valence-electron chi connectivity index (χ0n) is 19.5. The number of para-hydroxylation sites is 1. The molecule has 3 heterocycles. The second kappa shape index (κ2) is 11.1. The Morgan fingerprint density at radius 1 is 1.17 bits per heavy atom. The molecule has 190 valence electrons. The van der Waals surface area contributed by atoms with Crippen LogP contribution in [0.1, 0.15) is 34.7 Å². The number of esters is 1. The van der Waals surface area contributed by atoms with Crippen LogP contribution >= 0.6 is 11.3 Å². The molecule has 1 saturated heterocycles. The number of thiazole rings is 1. The molecule has 7 nitrogen and oxygen atoms in total. The SMILES string of the molecule is Cc1ccccc1NC(=O)Cc1nc(COC(=O)C2CCN(c3ccc(C(F)(F)F)cn3)CC2)cs1. The zero-order chi connectivity index (χ0) is 25.7. The van der Waals surface area contributed by atoms with Gasteiger partial charge in [0.1, 0.15) is 17.4 Å². The quantitative estimate of drug-likeness (QED) is 0.443. The van der Waals surface area contributed by atoms with Gasteiger partial charge in [0, 0.05) is 30.4 Å². The van der Waals surface area contributed by atoms with E-state index in [4.69, 9.17) is 4.74 Å².